The highest BCUT2D eigenvalue weighted by Crippen LogP contribution is 2.13. The number of para-hydroxylation sites is 1. The van der Waals surface area contributed by atoms with Crippen LogP contribution in [-0.4, -0.2) is 54.1 Å². The van der Waals surface area contributed by atoms with Crippen molar-refractivity contribution in [1.82, 2.24) is 10.2 Å². The Morgan fingerprint density at radius 2 is 2.19 bits per heavy atom. The van der Waals surface area contributed by atoms with Crippen molar-refractivity contribution in [1.29, 1.82) is 0 Å². The third-order valence-corrected chi connectivity index (χ3v) is 3.41. The largest absolute Gasteiger partial charge is 0.480 e. The zero-order valence-electron chi connectivity index (χ0n) is 11.5. The molecule has 1 aromatic carbocycles. The Balaban J connectivity index is 1.86. The molecule has 0 aliphatic carbocycles. The van der Waals surface area contributed by atoms with Gasteiger partial charge in [0.1, 0.15) is 11.9 Å². The van der Waals surface area contributed by atoms with Crippen LogP contribution < -0.4 is 10.6 Å². The molecule has 1 amide bonds. The lowest BCUT2D eigenvalue weighted by molar-refractivity contribution is -0.144. The summed E-state index contributed by atoms with van der Waals surface area (Å²) in [4.78, 5) is 24.7. The first-order valence-corrected chi connectivity index (χ1v) is 6.80. The normalized spacial score (nSPS) is 19.2. The summed E-state index contributed by atoms with van der Waals surface area (Å²) in [5.41, 5.74) is 0.137. The molecular weight excluding hydrogens is 277 g/mol. The van der Waals surface area contributed by atoms with E-state index in [0.717, 1.165) is 0 Å². The van der Waals surface area contributed by atoms with Crippen molar-refractivity contribution < 1.29 is 19.1 Å². The van der Waals surface area contributed by atoms with Gasteiger partial charge in [0.2, 0.25) is 5.91 Å². The van der Waals surface area contributed by atoms with Crippen LogP contribution in [0, 0.1) is 5.82 Å². The topological polar surface area (TPSA) is 81.7 Å². The van der Waals surface area contributed by atoms with E-state index in [1.165, 1.54) is 12.1 Å². The number of carboxylic acids is 1. The quantitative estimate of drug-likeness (QED) is 0.737. The summed E-state index contributed by atoms with van der Waals surface area (Å²) in [6, 6.07) is 5.31. The van der Waals surface area contributed by atoms with Gasteiger partial charge in [-0.3, -0.25) is 14.5 Å². The molecule has 0 aromatic heterocycles. The Morgan fingerprint density at radius 1 is 1.43 bits per heavy atom. The molecule has 1 heterocycles. The Kier molecular flexibility index (Phi) is 5.24. The Labute approximate surface area is 121 Å². The average molecular weight is 295 g/mol. The first-order chi connectivity index (χ1) is 10.1. The number of hydrogen-bond acceptors (Lipinski definition) is 4. The van der Waals surface area contributed by atoms with Crippen LogP contribution in [0.2, 0.25) is 0 Å². The van der Waals surface area contributed by atoms with E-state index >= 15 is 0 Å². The maximum Gasteiger partial charge on any atom is 0.322 e. The maximum absolute atomic E-state index is 13.4. The van der Waals surface area contributed by atoms with Crippen LogP contribution in [0.15, 0.2) is 24.3 Å². The maximum atomic E-state index is 13.4. The summed E-state index contributed by atoms with van der Waals surface area (Å²) in [6.07, 6.45) is 0.123. The molecule has 0 saturated carbocycles. The molecule has 0 spiro atoms. The Morgan fingerprint density at radius 3 is 2.90 bits per heavy atom. The number of benzene rings is 1. The number of rotatable bonds is 5. The van der Waals surface area contributed by atoms with Crippen LogP contribution >= 0.6 is 0 Å². The summed E-state index contributed by atoms with van der Waals surface area (Å²) in [5, 5.41) is 14.6. The fraction of sp³-hybridized carbons (Fsp3) is 0.429. The SMILES string of the molecule is O=C(CCN1CCNCC1C(=O)O)Nc1ccccc1F. The summed E-state index contributed by atoms with van der Waals surface area (Å²) < 4.78 is 13.4. The predicted octanol–water partition coefficient (Wildman–Crippen LogP) is 0.513. The smallest absolute Gasteiger partial charge is 0.322 e. The van der Waals surface area contributed by atoms with E-state index in [1.807, 2.05) is 0 Å². The molecule has 1 aliphatic heterocycles. The number of nitrogens with one attached hydrogen (secondary N) is 2. The molecule has 0 bridgehead atoms. The molecule has 1 fully saturated rings. The highest BCUT2D eigenvalue weighted by atomic mass is 19.1. The number of anilines is 1. The van der Waals surface area contributed by atoms with Crippen molar-refractivity contribution in [2.24, 2.45) is 0 Å². The molecule has 1 saturated heterocycles. The molecule has 1 atom stereocenters. The molecule has 21 heavy (non-hydrogen) atoms. The second-order valence-electron chi connectivity index (χ2n) is 4.87. The fourth-order valence-electron chi connectivity index (χ4n) is 2.28. The van der Waals surface area contributed by atoms with Gasteiger partial charge in [-0.2, -0.15) is 0 Å². The number of hydrogen-bond donors (Lipinski definition) is 3. The van der Waals surface area contributed by atoms with Crippen LogP contribution in [0.3, 0.4) is 0 Å². The van der Waals surface area contributed by atoms with Crippen LogP contribution in [0.1, 0.15) is 6.42 Å². The van der Waals surface area contributed by atoms with E-state index < -0.39 is 17.8 Å². The van der Waals surface area contributed by atoms with Crippen LogP contribution in [0.5, 0.6) is 0 Å². The van der Waals surface area contributed by atoms with E-state index in [4.69, 9.17) is 5.11 Å². The van der Waals surface area contributed by atoms with E-state index in [1.54, 1.807) is 17.0 Å². The lowest BCUT2D eigenvalue weighted by Gasteiger charge is -2.33. The van der Waals surface area contributed by atoms with Gasteiger partial charge >= 0.3 is 5.97 Å². The second-order valence-corrected chi connectivity index (χ2v) is 4.87. The molecule has 1 aromatic rings. The number of halogens is 1. The number of carbonyl (C=O) groups excluding carboxylic acids is 1. The van der Waals surface area contributed by atoms with Crippen LogP contribution in [-0.2, 0) is 9.59 Å². The van der Waals surface area contributed by atoms with E-state index in [2.05, 4.69) is 10.6 Å². The highest BCUT2D eigenvalue weighted by Gasteiger charge is 2.28. The van der Waals surface area contributed by atoms with Gasteiger partial charge in [0.15, 0.2) is 0 Å². The standard InChI is InChI=1S/C14H18FN3O3/c15-10-3-1-2-4-11(10)17-13(19)5-7-18-8-6-16-9-12(18)14(20)21/h1-4,12,16H,5-9H2,(H,17,19)(H,20,21). The molecule has 7 heteroatoms. The zero-order valence-corrected chi connectivity index (χ0v) is 11.5. The van der Waals surface area contributed by atoms with Gasteiger partial charge in [-0.15, -0.1) is 0 Å². The number of carbonyl (C=O) groups is 2. The summed E-state index contributed by atoms with van der Waals surface area (Å²) in [5.74, 6) is -1.73. The van der Waals surface area contributed by atoms with Crippen molar-refractivity contribution in [3.63, 3.8) is 0 Å². The van der Waals surface area contributed by atoms with Gasteiger partial charge in [0.25, 0.3) is 0 Å². The monoisotopic (exact) mass is 295 g/mol. The van der Waals surface area contributed by atoms with Crippen molar-refractivity contribution in [2.45, 2.75) is 12.5 Å². The predicted molar refractivity (Wildman–Crippen MR) is 75.5 cm³/mol. The van der Waals surface area contributed by atoms with Crippen molar-refractivity contribution in [3.8, 4) is 0 Å². The summed E-state index contributed by atoms with van der Waals surface area (Å²) in [6.45, 7) is 1.96. The molecule has 1 unspecified atom stereocenters. The van der Waals surface area contributed by atoms with Gasteiger partial charge in [-0.25, -0.2) is 4.39 Å². The molecule has 2 rings (SSSR count). The van der Waals surface area contributed by atoms with E-state index in [0.29, 0.717) is 26.2 Å². The number of aliphatic carboxylic acids is 1. The fourth-order valence-corrected chi connectivity index (χ4v) is 2.28. The summed E-state index contributed by atoms with van der Waals surface area (Å²) >= 11 is 0. The lowest BCUT2D eigenvalue weighted by Crippen LogP contribution is -2.55. The number of piperazine rings is 1. The van der Waals surface area contributed by atoms with Crippen molar-refractivity contribution in [2.75, 3.05) is 31.5 Å². The highest BCUT2D eigenvalue weighted by molar-refractivity contribution is 5.90. The van der Waals surface area contributed by atoms with Crippen molar-refractivity contribution >= 4 is 17.6 Å². The third-order valence-electron chi connectivity index (χ3n) is 3.41. The molecule has 114 valence electrons. The zero-order chi connectivity index (χ0) is 15.2. The minimum absolute atomic E-state index is 0.123. The van der Waals surface area contributed by atoms with Gasteiger partial charge in [0, 0.05) is 32.6 Å². The average Bonchev–Trinajstić information content (AvgIpc) is 2.48. The number of amides is 1. The summed E-state index contributed by atoms with van der Waals surface area (Å²) in [7, 11) is 0. The van der Waals surface area contributed by atoms with E-state index in [9.17, 15) is 14.0 Å². The minimum Gasteiger partial charge on any atom is -0.480 e. The number of carboxylic acid groups (broad SMARTS) is 1. The molecule has 0 radical (unpaired) electrons. The van der Waals surface area contributed by atoms with Gasteiger partial charge in [-0.05, 0) is 12.1 Å². The molecule has 6 nitrogen and oxygen atoms in total. The lowest BCUT2D eigenvalue weighted by atomic mass is 10.2. The Bertz CT molecular complexity index is 524. The van der Waals surface area contributed by atoms with Crippen LogP contribution in [0.25, 0.3) is 0 Å². The first-order valence-electron chi connectivity index (χ1n) is 6.80. The molecular formula is C14H18FN3O3. The third kappa shape index (κ3) is 4.24. The van der Waals surface area contributed by atoms with Crippen molar-refractivity contribution in [3.05, 3.63) is 30.1 Å². The second kappa shape index (κ2) is 7.14. The van der Waals surface area contributed by atoms with E-state index in [-0.39, 0.29) is 18.0 Å². The first kappa shape index (κ1) is 15.4. The van der Waals surface area contributed by atoms with Gasteiger partial charge in [0.05, 0.1) is 5.69 Å². The van der Waals surface area contributed by atoms with Crippen LogP contribution in [0.4, 0.5) is 10.1 Å². The minimum atomic E-state index is -0.906. The molecule has 3 N–H and O–H groups in total. The molecule has 1 aliphatic rings. The number of nitrogens with zero attached hydrogens (tertiary/aromatic N) is 1. The van der Waals surface area contributed by atoms with Gasteiger partial charge < -0.3 is 15.7 Å². The van der Waals surface area contributed by atoms with Gasteiger partial charge in [-0.1, -0.05) is 12.1 Å². The Hall–Kier alpha value is -1.99.